The summed E-state index contributed by atoms with van der Waals surface area (Å²) in [4.78, 5) is 12.5. The van der Waals surface area contributed by atoms with Crippen LogP contribution < -0.4 is 10.5 Å². The summed E-state index contributed by atoms with van der Waals surface area (Å²) in [5.41, 5.74) is 7.22. The van der Waals surface area contributed by atoms with Crippen molar-refractivity contribution in [1.29, 1.82) is 0 Å². The number of rotatable bonds is 6. The molecule has 5 nitrogen and oxygen atoms in total. The average Bonchev–Trinajstić information content (AvgIpc) is 2.61. The highest BCUT2D eigenvalue weighted by Crippen LogP contribution is 2.41. The molecule has 24 heavy (non-hydrogen) atoms. The molecule has 0 bridgehead atoms. The van der Waals surface area contributed by atoms with Crippen molar-refractivity contribution in [2.45, 2.75) is 16.2 Å². The van der Waals surface area contributed by atoms with Gasteiger partial charge in [0.15, 0.2) is 6.10 Å². The fourth-order valence-electron chi connectivity index (χ4n) is 2.10. The molecule has 2 unspecified atom stereocenters. The van der Waals surface area contributed by atoms with E-state index in [0.29, 0.717) is 21.4 Å². The van der Waals surface area contributed by atoms with Gasteiger partial charge < -0.3 is 20.3 Å². The highest BCUT2D eigenvalue weighted by molar-refractivity contribution is 7.99. The lowest BCUT2D eigenvalue weighted by Crippen LogP contribution is -2.27. The maximum absolute atomic E-state index is 11.8. The fraction of sp³-hybridized carbons (Fsp3) is 0.235. The Hall–Kier alpha value is -1.89. The number of aliphatic hydroxyl groups excluding tert-OH is 1. The molecule has 2 aromatic rings. The first-order chi connectivity index (χ1) is 11.5. The van der Waals surface area contributed by atoms with Crippen LogP contribution in [0.15, 0.2) is 47.4 Å². The van der Waals surface area contributed by atoms with Crippen LogP contribution in [0.1, 0.15) is 10.8 Å². The number of hydrogen-bond donors (Lipinski definition) is 2. The molecule has 0 aromatic heterocycles. The van der Waals surface area contributed by atoms with Crippen molar-refractivity contribution in [3.63, 3.8) is 0 Å². The van der Waals surface area contributed by atoms with Gasteiger partial charge in [-0.25, -0.2) is 4.79 Å². The predicted molar refractivity (Wildman–Crippen MR) is 95.5 cm³/mol. The van der Waals surface area contributed by atoms with Gasteiger partial charge in [0.05, 0.1) is 19.5 Å². The van der Waals surface area contributed by atoms with Gasteiger partial charge in [0, 0.05) is 15.6 Å². The molecule has 0 fully saturated rings. The minimum Gasteiger partial charge on any atom is -0.497 e. The number of anilines is 1. The van der Waals surface area contributed by atoms with Crippen LogP contribution in [0.4, 0.5) is 5.69 Å². The molecule has 7 heteroatoms. The van der Waals surface area contributed by atoms with Crippen molar-refractivity contribution in [1.82, 2.24) is 0 Å². The van der Waals surface area contributed by atoms with Gasteiger partial charge in [-0.3, -0.25) is 0 Å². The fourth-order valence-corrected chi connectivity index (χ4v) is 3.54. The third-order valence-electron chi connectivity index (χ3n) is 3.40. The van der Waals surface area contributed by atoms with E-state index < -0.39 is 17.3 Å². The molecule has 0 heterocycles. The number of methoxy groups -OCH3 is 2. The average molecular weight is 368 g/mol. The number of thioether (sulfide) groups is 1. The summed E-state index contributed by atoms with van der Waals surface area (Å²) in [5.74, 6) is -0.0405. The zero-order chi connectivity index (χ0) is 17.7. The van der Waals surface area contributed by atoms with Crippen LogP contribution >= 0.6 is 23.4 Å². The molecule has 0 saturated carbocycles. The van der Waals surface area contributed by atoms with E-state index in [0.717, 1.165) is 5.56 Å². The molecule has 2 atom stereocenters. The molecule has 0 aliphatic carbocycles. The summed E-state index contributed by atoms with van der Waals surface area (Å²) < 4.78 is 9.80. The quantitative estimate of drug-likeness (QED) is 0.463. The number of esters is 1. The van der Waals surface area contributed by atoms with Gasteiger partial charge in [0.1, 0.15) is 5.75 Å². The lowest BCUT2D eigenvalue weighted by Gasteiger charge is -2.22. The lowest BCUT2D eigenvalue weighted by atomic mass is 10.1. The van der Waals surface area contributed by atoms with Crippen LogP contribution in [-0.4, -0.2) is 31.4 Å². The zero-order valence-electron chi connectivity index (χ0n) is 13.2. The summed E-state index contributed by atoms with van der Waals surface area (Å²) in [6.45, 7) is 0. The number of carbonyl (C=O) groups excluding carboxylic acids is 1. The lowest BCUT2D eigenvalue weighted by molar-refractivity contribution is -0.150. The van der Waals surface area contributed by atoms with Crippen LogP contribution in [0.2, 0.25) is 5.02 Å². The summed E-state index contributed by atoms with van der Waals surface area (Å²) >= 11 is 7.26. The van der Waals surface area contributed by atoms with Gasteiger partial charge in [-0.1, -0.05) is 23.7 Å². The van der Waals surface area contributed by atoms with Crippen molar-refractivity contribution < 1.29 is 19.4 Å². The van der Waals surface area contributed by atoms with E-state index in [9.17, 15) is 9.90 Å². The second-order valence-electron chi connectivity index (χ2n) is 4.96. The SMILES string of the molecule is COC(=O)C(O)C(Sc1cc(Cl)ccc1N)c1ccc(OC)cc1. The number of nitrogen functional groups attached to an aromatic ring is 1. The van der Waals surface area contributed by atoms with E-state index in [-0.39, 0.29) is 0 Å². The zero-order valence-corrected chi connectivity index (χ0v) is 14.8. The van der Waals surface area contributed by atoms with Crippen molar-refractivity contribution in [2.24, 2.45) is 0 Å². The van der Waals surface area contributed by atoms with Crippen molar-refractivity contribution in [3.8, 4) is 5.75 Å². The van der Waals surface area contributed by atoms with E-state index in [1.165, 1.54) is 18.9 Å². The highest BCUT2D eigenvalue weighted by atomic mass is 35.5. The van der Waals surface area contributed by atoms with Crippen LogP contribution in [0.25, 0.3) is 0 Å². The Morgan fingerprint density at radius 2 is 1.88 bits per heavy atom. The first-order valence-corrected chi connectivity index (χ1v) is 8.33. The predicted octanol–water partition coefficient (Wildman–Crippen LogP) is 3.30. The molecule has 0 saturated heterocycles. The third-order valence-corrected chi connectivity index (χ3v) is 5.03. The smallest absolute Gasteiger partial charge is 0.336 e. The number of halogens is 1. The molecule has 128 valence electrons. The van der Waals surface area contributed by atoms with E-state index in [2.05, 4.69) is 4.74 Å². The molecule has 0 aliphatic heterocycles. The Bertz CT molecular complexity index is 708. The number of nitrogens with two attached hydrogens (primary N) is 1. The third kappa shape index (κ3) is 4.35. The maximum Gasteiger partial charge on any atom is 0.336 e. The molecule has 0 amide bonds. The van der Waals surface area contributed by atoms with Gasteiger partial charge in [-0.15, -0.1) is 11.8 Å². The summed E-state index contributed by atoms with van der Waals surface area (Å²) in [5, 5.41) is 10.3. The molecular formula is C17H18ClNO4S. The van der Waals surface area contributed by atoms with Crippen LogP contribution in [0, 0.1) is 0 Å². The van der Waals surface area contributed by atoms with Gasteiger partial charge in [-0.05, 0) is 35.9 Å². The van der Waals surface area contributed by atoms with Crippen molar-refractivity contribution in [3.05, 3.63) is 53.1 Å². The standard InChI is InChI=1S/C17H18ClNO4S/c1-22-12-6-3-10(4-7-12)16(15(20)17(21)23-2)24-14-9-11(18)5-8-13(14)19/h3-9,15-16,20H,19H2,1-2H3. The largest absolute Gasteiger partial charge is 0.497 e. The Balaban J connectivity index is 2.38. The Kier molecular flexibility index (Phi) is 6.36. The maximum atomic E-state index is 11.8. The molecule has 0 aliphatic rings. The van der Waals surface area contributed by atoms with Crippen LogP contribution in [0.3, 0.4) is 0 Å². The Morgan fingerprint density at radius 3 is 2.46 bits per heavy atom. The topological polar surface area (TPSA) is 81.8 Å². The van der Waals surface area contributed by atoms with E-state index >= 15 is 0 Å². The Labute approximate surface area is 149 Å². The van der Waals surface area contributed by atoms with Gasteiger partial charge in [0.2, 0.25) is 0 Å². The summed E-state index contributed by atoms with van der Waals surface area (Å²) in [7, 11) is 2.80. The van der Waals surface area contributed by atoms with Gasteiger partial charge in [-0.2, -0.15) is 0 Å². The highest BCUT2D eigenvalue weighted by Gasteiger charge is 2.30. The molecule has 2 rings (SSSR count). The number of aliphatic hydroxyl groups is 1. The molecule has 0 spiro atoms. The number of carbonyl (C=O) groups is 1. The summed E-state index contributed by atoms with van der Waals surface area (Å²) in [6, 6.07) is 12.1. The van der Waals surface area contributed by atoms with Crippen molar-refractivity contribution >= 4 is 35.0 Å². The Morgan fingerprint density at radius 1 is 1.21 bits per heavy atom. The van der Waals surface area contributed by atoms with Crippen LogP contribution in [-0.2, 0) is 9.53 Å². The minimum absolute atomic E-state index is 0.514. The van der Waals surface area contributed by atoms with E-state index in [1.54, 1.807) is 49.6 Å². The number of benzene rings is 2. The van der Waals surface area contributed by atoms with Gasteiger partial charge >= 0.3 is 5.97 Å². The molecule has 2 aromatic carbocycles. The molecule has 3 N–H and O–H groups in total. The second-order valence-corrected chi connectivity index (χ2v) is 6.58. The van der Waals surface area contributed by atoms with Crippen molar-refractivity contribution in [2.75, 3.05) is 20.0 Å². The van der Waals surface area contributed by atoms with E-state index in [1.807, 2.05) is 0 Å². The first kappa shape index (κ1) is 18.4. The normalized spacial score (nSPS) is 13.2. The number of ether oxygens (including phenoxy) is 2. The number of hydrogen-bond acceptors (Lipinski definition) is 6. The summed E-state index contributed by atoms with van der Waals surface area (Å²) in [6.07, 6.45) is -1.35. The van der Waals surface area contributed by atoms with Crippen LogP contribution in [0.5, 0.6) is 5.75 Å². The second kappa shape index (κ2) is 8.28. The van der Waals surface area contributed by atoms with E-state index in [4.69, 9.17) is 22.1 Å². The van der Waals surface area contributed by atoms with Gasteiger partial charge in [0.25, 0.3) is 0 Å². The monoisotopic (exact) mass is 367 g/mol. The molecule has 0 radical (unpaired) electrons. The molecular weight excluding hydrogens is 350 g/mol. The first-order valence-electron chi connectivity index (χ1n) is 7.07. The minimum atomic E-state index is -1.35.